The van der Waals surface area contributed by atoms with Crippen molar-refractivity contribution in [3.63, 3.8) is 0 Å². The van der Waals surface area contributed by atoms with Crippen LogP contribution in [0.5, 0.6) is 0 Å². The molecule has 5 nitrogen and oxygen atoms in total. The monoisotopic (exact) mass is 346 g/mol. The van der Waals surface area contributed by atoms with Crippen molar-refractivity contribution < 1.29 is 14.3 Å². The molecule has 0 saturated heterocycles. The van der Waals surface area contributed by atoms with Crippen molar-refractivity contribution >= 4 is 23.4 Å². The zero-order valence-corrected chi connectivity index (χ0v) is 14.0. The van der Waals surface area contributed by atoms with Crippen molar-refractivity contribution in [1.29, 1.82) is 0 Å². The first-order valence-electron chi connectivity index (χ1n) is 7.49. The Morgan fingerprint density at radius 1 is 1.00 bits per heavy atom. The second-order valence-corrected chi connectivity index (χ2v) is 5.53. The summed E-state index contributed by atoms with van der Waals surface area (Å²) in [6.45, 7) is 0.448. The Morgan fingerprint density at radius 2 is 1.62 bits per heavy atom. The Kier molecular flexibility index (Phi) is 6.78. The van der Waals surface area contributed by atoms with Crippen molar-refractivity contribution in [1.82, 2.24) is 10.6 Å². The van der Waals surface area contributed by atoms with Crippen LogP contribution in [0.1, 0.15) is 17.2 Å². The van der Waals surface area contributed by atoms with Gasteiger partial charge in [0.25, 0.3) is 0 Å². The predicted octanol–water partition coefficient (Wildman–Crippen LogP) is 2.46. The van der Waals surface area contributed by atoms with Gasteiger partial charge in [-0.15, -0.1) is 0 Å². The molecule has 0 aliphatic rings. The molecule has 0 radical (unpaired) electrons. The lowest BCUT2D eigenvalue weighted by Gasteiger charge is -2.17. The molecule has 0 bridgehead atoms. The second kappa shape index (κ2) is 9.05. The van der Waals surface area contributed by atoms with Gasteiger partial charge in [0.05, 0.1) is 0 Å². The fourth-order valence-electron chi connectivity index (χ4n) is 2.18. The maximum absolute atomic E-state index is 11.9. The molecule has 0 saturated carbocycles. The maximum Gasteiger partial charge on any atom is 0.309 e. The minimum atomic E-state index is -0.708. The maximum atomic E-state index is 11.9. The number of hydrogen-bond acceptors (Lipinski definition) is 3. The van der Waals surface area contributed by atoms with Gasteiger partial charge in [-0.25, -0.2) is 0 Å². The van der Waals surface area contributed by atoms with Crippen molar-refractivity contribution in [3.05, 3.63) is 70.7 Å². The number of halogens is 1. The number of benzene rings is 2. The van der Waals surface area contributed by atoms with E-state index in [1.54, 1.807) is 6.07 Å². The van der Waals surface area contributed by atoms with Crippen LogP contribution in [0.4, 0.5) is 0 Å². The molecule has 2 aromatic carbocycles. The molecule has 2 aromatic rings. The van der Waals surface area contributed by atoms with Crippen LogP contribution in [0.15, 0.2) is 54.6 Å². The fourth-order valence-corrected chi connectivity index (χ4v) is 2.44. The molecular formula is C18H19ClN2O3. The lowest BCUT2D eigenvalue weighted by atomic mass is 10.1. The van der Waals surface area contributed by atoms with E-state index in [9.17, 15) is 9.59 Å². The summed E-state index contributed by atoms with van der Waals surface area (Å²) in [5.74, 6) is -1.40. The quantitative estimate of drug-likeness (QED) is 0.789. The van der Waals surface area contributed by atoms with Gasteiger partial charge >= 0.3 is 11.8 Å². The molecule has 0 aromatic heterocycles. The average Bonchev–Trinajstić information content (AvgIpc) is 2.62. The minimum Gasteiger partial charge on any atom is -0.375 e. The topological polar surface area (TPSA) is 67.4 Å². The number of carbonyl (C=O) groups excluding carboxylic acids is 2. The molecule has 126 valence electrons. The van der Waals surface area contributed by atoms with Gasteiger partial charge in [-0.05, 0) is 11.6 Å². The Balaban J connectivity index is 1.85. The summed E-state index contributed by atoms with van der Waals surface area (Å²) in [6, 6.07) is 16.6. The summed E-state index contributed by atoms with van der Waals surface area (Å²) in [7, 11) is 1.52. The van der Waals surface area contributed by atoms with Crippen LogP contribution in [0.25, 0.3) is 0 Å². The van der Waals surface area contributed by atoms with Crippen LogP contribution in [0.3, 0.4) is 0 Å². The van der Waals surface area contributed by atoms with E-state index in [0.717, 1.165) is 11.1 Å². The van der Waals surface area contributed by atoms with Gasteiger partial charge in [-0.1, -0.05) is 60.1 Å². The number of amides is 2. The number of ether oxygens (including phenoxy) is 1. The molecular weight excluding hydrogens is 328 g/mol. The molecule has 1 unspecified atom stereocenters. The number of carbonyl (C=O) groups is 2. The SMILES string of the molecule is COC(CNC(=O)C(=O)NCc1ccccc1)c1ccccc1Cl. The first-order valence-corrected chi connectivity index (χ1v) is 7.86. The van der Waals surface area contributed by atoms with Crippen molar-refractivity contribution in [2.24, 2.45) is 0 Å². The highest BCUT2D eigenvalue weighted by Crippen LogP contribution is 2.24. The Morgan fingerprint density at radius 3 is 2.29 bits per heavy atom. The molecule has 0 aliphatic carbocycles. The summed E-state index contributed by atoms with van der Waals surface area (Å²) in [4.78, 5) is 23.7. The average molecular weight is 347 g/mol. The van der Waals surface area contributed by atoms with E-state index in [2.05, 4.69) is 10.6 Å². The first-order chi connectivity index (χ1) is 11.6. The van der Waals surface area contributed by atoms with Crippen LogP contribution in [0, 0.1) is 0 Å². The van der Waals surface area contributed by atoms with E-state index >= 15 is 0 Å². The van der Waals surface area contributed by atoms with Crippen LogP contribution < -0.4 is 10.6 Å². The molecule has 6 heteroatoms. The third-order valence-electron chi connectivity index (χ3n) is 3.49. The fraction of sp³-hybridized carbons (Fsp3) is 0.222. The zero-order valence-electron chi connectivity index (χ0n) is 13.3. The Bertz CT molecular complexity index is 692. The van der Waals surface area contributed by atoms with E-state index in [1.807, 2.05) is 48.5 Å². The third-order valence-corrected chi connectivity index (χ3v) is 3.83. The summed E-state index contributed by atoms with van der Waals surface area (Å²) in [5, 5.41) is 5.68. The van der Waals surface area contributed by atoms with Crippen LogP contribution in [-0.4, -0.2) is 25.5 Å². The molecule has 0 aliphatic heterocycles. The number of nitrogens with one attached hydrogen (secondary N) is 2. The zero-order chi connectivity index (χ0) is 17.4. The summed E-state index contributed by atoms with van der Waals surface area (Å²) in [5.41, 5.74) is 1.68. The van der Waals surface area contributed by atoms with Gasteiger partial charge in [0.15, 0.2) is 0 Å². The highest BCUT2D eigenvalue weighted by molar-refractivity contribution is 6.35. The Hall–Kier alpha value is -2.37. The first kappa shape index (κ1) is 18.0. The number of methoxy groups -OCH3 is 1. The summed E-state index contributed by atoms with van der Waals surface area (Å²) in [6.07, 6.45) is -0.426. The summed E-state index contributed by atoms with van der Waals surface area (Å²) < 4.78 is 5.35. The number of rotatable bonds is 6. The molecule has 2 N–H and O–H groups in total. The molecule has 2 rings (SSSR count). The van der Waals surface area contributed by atoms with Gasteiger partial charge in [0, 0.05) is 30.8 Å². The predicted molar refractivity (Wildman–Crippen MR) is 92.5 cm³/mol. The van der Waals surface area contributed by atoms with Crippen LogP contribution in [0.2, 0.25) is 5.02 Å². The van der Waals surface area contributed by atoms with Crippen LogP contribution >= 0.6 is 11.6 Å². The van der Waals surface area contributed by atoms with Gasteiger partial charge in [-0.3, -0.25) is 9.59 Å². The standard InChI is InChI=1S/C18H19ClN2O3/c1-24-16(14-9-5-6-10-15(14)19)12-21-18(23)17(22)20-11-13-7-3-2-4-8-13/h2-10,16H,11-12H2,1H3,(H,20,22)(H,21,23). The Labute approximate surface area is 146 Å². The van der Waals surface area contributed by atoms with E-state index in [0.29, 0.717) is 11.6 Å². The van der Waals surface area contributed by atoms with E-state index in [1.165, 1.54) is 7.11 Å². The van der Waals surface area contributed by atoms with Gasteiger partial charge in [0.2, 0.25) is 0 Å². The largest absolute Gasteiger partial charge is 0.375 e. The lowest BCUT2D eigenvalue weighted by molar-refractivity contribution is -0.139. The smallest absolute Gasteiger partial charge is 0.309 e. The van der Waals surface area contributed by atoms with E-state index in [-0.39, 0.29) is 6.54 Å². The normalized spacial score (nSPS) is 11.6. The second-order valence-electron chi connectivity index (χ2n) is 5.12. The van der Waals surface area contributed by atoms with E-state index < -0.39 is 17.9 Å². The highest BCUT2D eigenvalue weighted by atomic mass is 35.5. The third kappa shape index (κ3) is 5.08. The molecule has 0 heterocycles. The molecule has 0 fully saturated rings. The molecule has 24 heavy (non-hydrogen) atoms. The van der Waals surface area contributed by atoms with Gasteiger partial charge < -0.3 is 15.4 Å². The molecule has 2 amide bonds. The van der Waals surface area contributed by atoms with Gasteiger partial charge in [-0.2, -0.15) is 0 Å². The number of hydrogen-bond donors (Lipinski definition) is 2. The van der Waals surface area contributed by atoms with E-state index in [4.69, 9.17) is 16.3 Å². The van der Waals surface area contributed by atoms with Crippen molar-refractivity contribution in [3.8, 4) is 0 Å². The molecule has 0 spiro atoms. The highest BCUT2D eigenvalue weighted by Gasteiger charge is 2.18. The summed E-state index contributed by atoms with van der Waals surface area (Å²) >= 11 is 6.12. The van der Waals surface area contributed by atoms with Gasteiger partial charge in [0.1, 0.15) is 6.10 Å². The lowest BCUT2D eigenvalue weighted by Crippen LogP contribution is -2.41. The van der Waals surface area contributed by atoms with Crippen molar-refractivity contribution in [2.75, 3.05) is 13.7 Å². The van der Waals surface area contributed by atoms with Crippen molar-refractivity contribution in [2.45, 2.75) is 12.6 Å². The molecule has 1 atom stereocenters. The minimum absolute atomic E-state index is 0.151. The van der Waals surface area contributed by atoms with Crippen LogP contribution in [-0.2, 0) is 20.9 Å².